The number of hydrogen-bond donors (Lipinski definition) is 0. The topological polar surface area (TPSA) is 54.5 Å². The molecule has 0 aliphatic carbocycles. The highest BCUT2D eigenvalue weighted by Gasteiger charge is 2.34. The summed E-state index contributed by atoms with van der Waals surface area (Å²) in [7, 11) is -4.56. The van der Waals surface area contributed by atoms with Gasteiger partial charge in [0.25, 0.3) is 0 Å². The van der Waals surface area contributed by atoms with Crippen molar-refractivity contribution < 1.29 is 17.1 Å². The van der Waals surface area contributed by atoms with Gasteiger partial charge in [-0.3, -0.25) is 4.79 Å². The molecular formula is C11H11ClFNO3S. The molecule has 98 valence electrons. The van der Waals surface area contributed by atoms with Crippen LogP contribution < -0.4 is 4.90 Å². The molecule has 0 saturated carbocycles. The predicted molar refractivity (Wildman–Crippen MR) is 66.8 cm³/mol. The average Bonchev–Trinajstić information content (AvgIpc) is 2.57. The number of carbonyl (C=O) groups excluding carboxylic acids is 1. The lowest BCUT2D eigenvalue weighted by Gasteiger charge is -2.17. The third-order valence-electron chi connectivity index (χ3n) is 2.78. The SMILES string of the molecule is O=C1CC(CS(=O)(=O)F)CN1c1ccccc1Cl. The van der Waals surface area contributed by atoms with E-state index in [0.29, 0.717) is 10.7 Å². The van der Waals surface area contributed by atoms with Crippen molar-refractivity contribution in [2.75, 3.05) is 17.2 Å². The van der Waals surface area contributed by atoms with E-state index in [-0.39, 0.29) is 18.9 Å². The molecule has 1 amide bonds. The van der Waals surface area contributed by atoms with Crippen LogP contribution >= 0.6 is 11.6 Å². The molecule has 1 saturated heterocycles. The van der Waals surface area contributed by atoms with Gasteiger partial charge >= 0.3 is 10.2 Å². The van der Waals surface area contributed by atoms with E-state index < -0.39 is 21.9 Å². The second-order valence-electron chi connectivity index (χ2n) is 4.23. The quantitative estimate of drug-likeness (QED) is 0.800. The maximum Gasteiger partial charge on any atom is 0.302 e. The number of hydrogen-bond acceptors (Lipinski definition) is 3. The third kappa shape index (κ3) is 3.00. The zero-order chi connectivity index (χ0) is 13.3. The van der Waals surface area contributed by atoms with E-state index in [1.165, 1.54) is 4.90 Å². The summed E-state index contributed by atoms with van der Waals surface area (Å²) >= 11 is 5.96. The highest BCUT2D eigenvalue weighted by molar-refractivity contribution is 7.86. The van der Waals surface area contributed by atoms with Crippen LogP contribution in [-0.2, 0) is 15.0 Å². The molecular weight excluding hydrogens is 281 g/mol. The summed E-state index contributed by atoms with van der Waals surface area (Å²) in [4.78, 5) is 13.2. The Labute approximate surface area is 110 Å². The standard InChI is InChI=1S/C11H11ClFNO3S/c12-9-3-1-2-4-10(9)14-6-8(5-11(14)15)7-18(13,16)17/h1-4,8H,5-7H2. The van der Waals surface area contributed by atoms with E-state index in [1.807, 2.05) is 0 Å². The monoisotopic (exact) mass is 291 g/mol. The van der Waals surface area contributed by atoms with Gasteiger partial charge in [0.1, 0.15) is 0 Å². The fourth-order valence-corrected chi connectivity index (χ4v) is 3.10. The predicted octanol–water partition coefficient (Wildman–Crippen LogP) is 1.99. The fourth-order valence-electron chi connectivity index (χ4n) is 2.08. The Hall–Kier alpha value is -1.14. The van der Waals surface area contributed by atoms with Crippen molar-refractivity contribution in [2.24, 2.45) is 5.92 Å². The zero-order valence-electron chi connectivity index (χ0n) is 9.34. The average molecular weight is 292 g/mol. The molecule has 1 unspecified atom stereocenters. The Balaban J connectivity index is 2.18. The normalized spacial score (nSPS) is 20.4. The Morgan fingerprint density at radius 3 is 2.67 bits per heavy atom. The molecule has 7 heteroatoms. The highest BCUT2D eigenvalue weighted by Crippen LogP contribution is 2.31. The summed E-state index contributed by atoms with van der Waals surface area (Å²) in [5.74, 6) is -1.39. The number of amides is 1. The minimum absolute atomic E-state index is 0.0222. The van der Waals surface area contributed by atoms with E-state index in [2.05, 4.69) is 0 Å². The molecule has 1 aliphatic rings. The maximum atomic E-state index is 12.6. The summed E-state index contributed by atoms with van der Waals surface area (Å²) in [6, 6.07) is 6.78. The number of rotatable bonds is 3. The van der Waals surface area contributed by atoms with Gasteiger partial charge in [0.05, 0.1) is 16.5 Å². The molecule has 1 aliphatic heterocycles. The summed E-state index contributed by atoms with van der Waals surface area (Å²) in [5, 5.41) is 0.412. The van der Waals surface area contributed by atoms with Gasteiger partial charge < -0.3 is 4.90 Å². The smallest absolute Gasteiger partial charge is 0.302 e. The number of para-hydroxylation sites is 1. The van der Waals surface area contributed by atoms with E-state index in [0.717, 1.165) is 0 Å². The van der Waals surface area contributed by atoms with E-state index in [1.54, 1.807) is 24.3 Å². The lowest BCUT2D eigenvalue weighted by molar-refractivity contribution is -0.117. The number of nitrogens with zero attached hydrogens (tertiary/aromatic N) is 1. The number of halogens is 2. The first kappa shape index (κ1) is 13.3. The first-order valence-electron chi connectivity index (χ1n) is 5.34. The van der Waals surface area contributed by atoms with Crippen molar-refractivity contribution >= 4 is 33.4 Å². The second kappa shape index (κ2) is 4.85. The summed E-state index contributed by atoms with van der Waals surface area (Å²) in [5.41, 5.74) is 0.530. The van der Waals surface area contributed by atoms with E-state index >= 15 is 0 Å². The van der Waals surface area contributed by atoms with Gasteiger partial charge in [0.15, 0.2) is 0 Å². The Bertz CT molecular complexity index is 575. The third-order valence-corrected chi connectivity index (χ3v) is 3.97. The van der Waals surface area contributed by atoms with Crippen LogP contribution in [0.25, 0.3) is 0 Å². The fraction of sp³-hybridized carbons (Fsp3) is 0.364. The van der Waals surface area contributed by atoms with Gasteiger partial charge in [0, 0.05) is 18.9 Å². The molecule has 18 heavy (non-hydrogen) atoms. The molecule has 0 radical (unpaired) electrons. The van der Waals surface area contributed by atoms with Gasteiger partial charge in [-0.25, -0.2) is 0 Å². The minimum Gasteiger partial charge on any atom is -0.311 e. The van der Waals surface area contributed by atoms with Crippen LogP contribution in [0.3, 0.4) is 0 Å². The number of benzene rings is 1. The lowest BCUT2D eigenvalue weighted by atomic mass is 10.1. The first-order valence-corrected chi connectivity index (χ1v) is 7.27. The molecule has 0 spiro atoms. The van der Waals surface area contributed by atoms with Crippen molar-refractivity contribution in [2.45, 2.75) is 6.42 Å². The molecule has 1 heterocycles. The zero-order valence-corrected chi connectivity index (χ0v) is 10.9. The van der Waals surface area contributed by atoms with Gasteiger partial charge in [-0.15, -0.1) is 3.89 Å². The molecule has 1 aromatic carbocycles. The van der Waals surface area contributed by atoms with Crippen LogP contribution in [0, 0.1) is 5.92 Å². The van der Waals surface area contributed by atoms with Gasteiger partial charge in [-0.05, 0) is 12.1 Å². The van der Waals surface area contributed by atoms with Crippen LogP contribution in [0.15, 0.2) is 24.3 Å². The van der Waals surface area contributed by atoms with Gasteiger partial charge in [-0.1, -0.05) is 23.7 Å². The number of anilines is 1. The van der Waals surface area contributed by atoms with Crippen LogP contribution in [0.1, 0.15) is 6.42 Å². The summed E-state index contributed by atoms with van der Waals surface area (Å²) in [6.07, 6.45) is 0.0222. The van der Waals surface area contributed by atoms with Crippen molar-refractivity contribution in [3.8, 4) is 0 Å². The second-order valence-corrected chi connectivity index (χ2v) is 6.05. The summed E-state index contributed by atoms with van der Waals surface area (Å²) in [6.45, 7) is 0.172. The van der Waals surface area contributed by atoms with Crippen LogP contribution in [0.5, 0.6) is 0 Å². The summed E-state index contributed by atoms with van der Waals surface area (Å²) < 4.78 is 33.8. The largest absolute Gasteiger partial charge is 0.311 e. The lowest BCUT2D eigenvalue weighted by Crippen LogP contribution is -2.25. The first-order chi connectivity index (χ1) is 8.37. The van der Waals surface area contributed by atoms with Crippen LogP contribution in [0.4, 0.5) is 9.57 Å². The Morgan fingerprint density at radius 2 is 2.06 bits per heavy atom. The minimum atomic E-state index is -4.56. The van der Waals surface area contributed by atoms with Gasteiger partial charge in [0.2, 0.25) is 5.91 Å². The molecule has 2 rings (SSSR count). The van der Waals surface area contributed by atoms with Gasteiger partial charge in [-0.2, -0.15) is 8.42 Å². The molecule has 0 bridgehead atoms. The Morgan fingerprint density at radius 1 is 1.39 bits per heavy atom. The highest BCUT2D eigenvalue weighted by atomic mass is 35.5. The van der Waals surface area contributed by atoms with Crippen molar-refractivity contribution in [1.82, 2.24) is 0 Å². The molecule has 1 aromatic rings. The van der Waals surface area contributed by atoms with Crippen LogP contribution in [0.2, 0.25) is 5.02 Å². The number of carbonyl (C=O) groups is 1. The molecule has 0 N–H and O–H groups in total. The molecule has 4 nitrogen and oxygen atoms in total. The molecule has 1 fully saturated rings. The van der Waals surface area contributed by atoms with Crippen molar-refractivity contribution in [3.05, 3.63) is 29.3 Å². The van der Waals surface area contributed by atoms with Crippen LogP contribution in [-0.4, -0.2) is 26.6 Å². The maximum absolute atomic E-state index is 12.6. The van der Waals surface area contributed by atoms with E-state index in [4.69, 9.17) is 11.6 Å². The molecule has 0 aromatic heterocycles. The molecule has 1 atom stereocenters. The van der Waals surface area contributed by atoms with Crippen molar-refractivity contribution in [3.63, 3.8) is 0 Å². The van der Waals surface area contributed by atoms with E-state index in [9.17, 15) is 17.1 Å². The Kier molecular flexibility index (Phi) is 3.59. The van der Waals surface area contributed by atoms with Crippen molar-refractivity contribution in [1.29, 1.82) is 0 Å².